The molecule has 0 saturated carbocycles. The number of amides is 1. The van der Waals surface area contributed by atoms with Crippen molar-refractivity contribution in [3.8, 4) is 0 Å². The number of hydrogen-bond donors (Lipinski definition) is 1. The summed E-state index contributed by atoms with van der Waals surface area (Å²) < 4.78 is 35.8. The number of esters is 1. The normalized spacial score (nSPS) is 12.0. The Labute approximate surface area is 214 Å². The van der Waals surface area contributed by atoms with Gasteiger partial charge >= 0.3 is 5.97 Å². The predicted octanol–water partition coefficient (Wildman–Crippen LogP) is 4.49. The Kier molecular flexibility index (Phi) is 7.20. The molecule has 3 aromatic carbocycles. The lowest BCUT2D eigenvalue weighted by atomic mass is 10.2. The van der Waals surface area contributed by atoms with Crippen LogP contribution in [0.3, 0.4) is 0 Å². The number of sulfonamides is 1. The molecule has 1 N–H and O–H groups in total. The molecule has 1 aromatic heterocycles. The lowest BCUT2D eigenvalue weighted by Gasteiger charge is -2.08. The summed E-state index contributed by atoms with van der Waals surface area (Å²) in [6.07, 6.45) is 0. The number of nitrogens with zero attached hydrogens (tertiary/aromatic N) is 2. The fourth-order valence-electron chi connectivity index (χ4n) is 3.24. The van der Waals surface area contributed by atoms with Crippen LogP contribution in [0.15, 0.2) is 81.1 Å². The van der Waals surface area contributed by atoms with E-state index in [4.69, 9.17) is 4.74 Å². The van der Waals surface area contributed by atoms with Crippen molar-refractivity contribution in [2.45, 2.75) is 18.4 Å². The molecule has 0 bridgehead atoms. The summed E-state index contributed by atoms with van der Waals surface area (Å²) >= 11 is 4.69. The predicted molar refractivity (Wildman–Crippen MR) is 138 cm³/mol. The molecule has 8 nitrogen and oxygen atoms in total. The van der Waals surface area contributed by atoms with E-state index in [2.05, 4.69) is 25.6 Å². The fraction of sp³-hybridized carbons (Fsp3) is 0.125. The van der Waals surface area contributed by atoms with E-state index in [1.807, 2.05) is 25.1 Å². The first-order chi connectivity index (χ1) is 16.7. The number of aryl methyl sites for hydroxylation is 1. The third kappa shape index (κ3) is 5.69. The standard InChI is InChI=1S/C24H20BrN3O5S2/c1-15-3-10-19(11-4-15)35(31,32)27-18-8-5-16(6-9-18)23(30)26-24-28(14-22(29)33-2)20-12-7-17(25)13-21(20)34-24/h3-13,27H,14H2,1-2H3. The zero-order valence-electron chi connectivity index (χ0n) is 18.7. The number of ether oxygens (including phenoxy) is 1. The van der Waals surface area contributed by atoms with Gasteiger partial charge in [-0.1, -0.05) is 45.0 Å². The molecule has 4 aromatic rings. The number of nitrogens with one attached hydrogen (secondary N) is 1. The number of anilines is 1. The maximum Gasteiger partial charge on any atom is 0.325 e. The van der Waals surface area contributed by atoms with Gasteiger partial charge in [-0.05, 0) is 61.5 Å². The van der Waals surface area contributed by atoms with Gasteiger partial charge in [0.2, 0.25) is 0 Å². The number of carbonyl (C=O) groups is 2. The monoisotopic (exact) mass is 573 g/mol. The Bertz CT molecular complexity index is 1590. The lowest BCUT2D eigenvalue weighted by molar-refractivity contribution is -0.141. The largest absolute Gasteiger partial charge is 0.468 e. The number of aromatic nitrogens is 1. The average molecular weight is 574 g/mol. The van der Waals surface area contributed by atoms with Gasteiger partial charge in [-0.2, -0.15) is 4.99 Å². The van der Waals surface area contributed by atoms with Gasteiger partial charge in [0.15, 0.2) is 4.80 Å². The van der Waals surface area contributed by atoms with E-state index < -0.39 is 21.9 Å². The molecule has 4 rings (SSSR count). The Morgan fingerprint density at radius 3 is 2.40 bits per heavy atom. The first kappa shape index (κ1) is 24.8. The second kappa shape index (κ2) is 10.1. The Hall–Kier alpha value is -3.28. The molecule has 0 atom stereocenters. The molecule has 11 heteroatoms. The van der Waals surface area contributed by atoms with Gasteiger partial charge < -0.3 is 9.30 Å². The number of thiazole rings is 1. The van der Waals surface area contributed by atoms with E-state index in [1.165, 1.54) is 54.8 Å². The quantitative estimate of drug-likeness (QED) is 0.342. The summed E-state index contributed by atoms with van der Waals surface area (Å²) in [5, 5.41) is 0. The summed E-state index contributed by atoms with van der Waals surface area (Å²) in [4.78, 5) is 29.5. The number of halogens is 1. The number of benzene rings is 3. The van der Waals surface area contributed by atoms with Crippen LogP contribution in [0.2, 0.25) is 0 Å². The van der Waals surface area contributed by atoms with E-state index in [0.29, 0.717) is 10.5 Å². The van der Waals surface area contributed by atoms with Gasteiger partial charge in [0.05, 0.1) is 22.2 Å². The van der Waals surface area contributed by atoms with Crippen molar-refractivity contribution in [3.63, 3.8) is 0 Å². The number of rotatable bonds is 6. The fourth-order valence-corrected chi connectivity index (χ4v) is 5.88. The molecule has 0 aliphatic heterocycles. The second-order valence-corrected chi connectivity index (χ2v) is 11.2. The Balaban J connectivity index is 1.62. The van der Waals surface area contributed by atoms with Gasteiger partial charge in [0.25, 0.3) is 15.9 Å². The van der Waals surface area contributed by atoms with Gasteiger partial charge in [0.1, 0.15) is 6.54 Å². The van der Waals surface area contributed by atoms with Crippen LogP contribution in [-0.2, 0) is 26.1 Å². The highest BCUT2D eigenvalue weighted by molar-refractivity contribution is 9.10. The van der Waals surface area contributed by atoms with Crippen LogP contribution < -0.4 is 9.52 Å². The van der Waals surface area contributed by atoms with Crippen LogP contribution in [0.4, 0.5) is 5.69 Å². The van der Waals surface area contributed by atoms with Gasteiger partial charge in [-0.15, -0.1) is 0 Å². The summed E-state index contributed by atoms with van der Waals surface area (Å²) in [5.41, 5.74) is 2.28. The van der Waals surface area contributed by atoms with Gasteiger partial charge in [0, 0.05) is 15.7 Å². The number of hydrogen-bond acceptors (Lipinski definition) is 6. The third-order valence-electron chi connectivity index (χ3n) is 5.07. The van der Waals surface area contributed by atoms with Crippen molar-refractivity contribution in [2.24, 2.45) is 4.99 Å². The molecule has 0 spiro atoms. The van der Waals surface area contributed by atoms with Crippen molar-refractivity contribution in [3.05, 3.63) is 87.1 Å². The topological polar surface area (TPSA) is 107 Å². The van der Waals surface area contributed by atoms with E-state index in [0.717, 1.165) is 20.3 Å². The molecule has 0 fully saturated rings. The maximum atomic E-state index is 12.9. The number of carbonyl (C=O) groups excluding carboxylic acids is 2. The highest BCUT2D eigenvalue weighted by Gasteiger charge is 2.15. The maximum absolute atomic E-state index is 12.9. The van der Waals surface area contributed by atoms with Crippen LogP contribution in [0.5, 0.6) is 0 Å². The van der Waals surface area contributed by atoms with Crippen molar-refractivity contribution in [1.82, 2.24) is 4.57 Å². The molecule has 0 saturated heterocycles. The zero-order chi connectivity index (χ0) is 25.2. The van der Waals surface area contributed by atoms with Crippen LogP contribution in [0.1, 0.15) is 15.9 Å². The highest BCUT2D eigenvalue weighted by Crippen LogP contribution is 2.23. The molecule has 0 radical (unpaired) electrons. The molecule has 35 heavy (non-hydrogen) atoms. The molecule has 0 unspecified atom stereocenters. The summed E-state index contributed by atoms with van der Waals surface area (Å²) in [7, 11) is -2.46. The SMILES string of the molecule is COC(=O)Cn1c(=NC(=O)c2ccc(NS(=O)(=O)c3ccc(C)cc3)cc2)sc2cc(Br)ccc21. The highest BCUT2D eigenvalue weighted by atomic mass is 79.9. The zero-order valence-corrected chi connectivity index (χ0v) is 21.9. The molecule has 1 amide bonds. The van der Waals surface area contributed by atoms with Crippen molar-refractivity contribution in [1.29, 1.82) is 0 Å². The lowest BCUT2D eigenvalue weighted by Crippen LogP contribution is -2.22. The van der Waals surface area contributed by atoms with Crippen LogP contribution in [0, 0.1) is 6.92 Å². The number of methoxy groups -OCH3 is 1. The molecular formula is C24H20BrN3O5S2. The molecule has 0 aliphatic carbocycles. The van der Waals surface area contributed by atoms with Crippen LogP contribution in [-0.4, -0.2) is 32.0 Å². The van der Waals surface area contributed by atoms with E-state index in [-0.39, 0.29) is 17.0 Å². The minimum Gasteiger partial charge on any atom is -0.468 e. The van der Waals surface area contributed by atoms with E-state index in [9.17, 15) is 18.0 Å². The molecule has 180 valence electrons. The van der Waals surface area contributed by atoms with Gasteiger partial charge in [-0.3, -0.25) is 14.3 Å². The summed E-state index contributed by atoms with van der Waals surface area (Å²) in [6.45, 7) is 1.78. The van der Waals surface area contributed by atoms with E-state index >= 15 is 0 Å². The third-order valence-corrected chi connectivity index (χ3v) is 8.00. The Morgan fingerprint density at radius 1 is 1.06 bits per heavy atom. The van der Waals surface area contributed by atoms with Crippen LogP contribution >= 0.6 is 27.3 Å². The first-order valence-corrected chi connectivity index (χ1v) is 13.4. The smallest absolute Gasteiger partial charge is 0.325 e. The first-order valence-electron chi connectivity index (χ1n) is 10.3. The van der Waals surface area contributed by atoms with Crippen molar-refractivity contribution >= 4 is 65.1 Å². The van der Waals surface area contributed by atoms with Crippen molar-refractivity contribution in [2.75, 3.05) is 11.8 Å². The van der Waals surface area contributed by atoms with E-state index in [1.54, 1.807) is 16.7 Å². The molecule has 1 heterocycles. The van der Waals surface area contributed by atoms with Crippen molar-refractivity contribution < 1.29 is 22.7 Å². The van der Waals surface area contributed by atoms with Crippen LogP contribution in [0.25, 0.3) is 10.2 Å². The Morgan fingerprint density at radius 2 is 1.74 bits per heavy atom. The minimum absolute atomic E-state index is 0.0933. The number of fused-ring (bicyclic) bond motifs is 1. The second-order valence-electron chi connectivity index (χ2n) is 7.57. The average Bonchev–Trinajstić information content (AvgIpc) is 3.15. The summed E-state index contributed by atoms with van der Waals surface area (Å²) in [6, 6.07) is 18.0. The summed E-state index contributed by atoms with van der Waals surface area (Å²) in [5.74, 6) is -0.992. The molecular weight excluding hydrogens is 554 g/mol. The van der Waals surface area contributed by atoms with Gasteiger partial charge in [-0.25, -0.2) is 8.42 Å². The minimum atomic E-state index is -3.76. The molecule has 0 aliphatic rings.